The summed E-state index contributed by atoms with van der Waals surface area (Å²) in [5.74, 6) is -0.201. The number of carbonyl (C=O) groups excluding carboxylic acids is 2. The Kier molecular flexibility index (Phi) is 10.4. The Morgan fingerprint density at radius 1 is 0.957 bits per heavy atom. The largest absolute Gasteiger partial charge is 0.493 e. The molecule has 2 aromatic carbocycles. The molecule has 9 nitrogen and oxygen atoms in total. The summed E-state index contributed by atoms with van der Waals surface area (Å²) in [4.78, 5) is 50.3. The number of aliphatic carboxylic acids is 1. The highest BCUT2D eigenvalue weighted by molar-refractivity contribution is 7.14. The van der Waals surface area contributed by atoms with Crippen molar-refractivity contribution >= 4 is 29.1 Å². The number of nitrogens with zero attached hydrogens (tertiary/aromatic N) is 3. The number of thiophene rings is 1. The van der Waals surface area contributed by atoms with Crippen molar-refractivity contribution in [2.24, 2.45) is 11.8 Å². The fourth-order valence-corrected chi connectivity index (χ4v) is 6.05. The minimum absolute atomic E-state index is 0.0960. The Morgan fingerprint density at radius 3 is 2.17 bits per heavy atom. The van der Waals surface area contributed by atoms with Gasteiger partial charge < -0.3 is 20.1 Å². The summed E-state index contributed by atoms with van der Waals surface area (Å²) in [5.41, 5.74) is 3.46. The molecule has 0 bridgehead atoms. The number of ether oxygens (including phenoxy) is 1. The smallest absolute Gasteiger partial charge is 0.310 e. The highest BCUT2D eigenvalue weighted by Gasteiger charge is 2.39. The van der Waals surface area contributed by atoms with Crippen molar-refractivity contribution in [2.45, 2.75) is 58.9 Å². The molecule has 0 saturated carbocycles. The molecule has 1 aliphatic heterocycles. The van der Waals surface area contributed by atoms with Gasteiger partial charge in [0.05, 0.1) is 17.4 Å². The fourth-order valence-electron chi connectivity index (χ4n) is 5.08. The SMILES string of the molecule is CCC(C)COc1ccc(-c2cnc(-c3ccc(CC(NC(=O)c4ccc(C(C)(C)C)s4)C(=O)N4CC(C(=O)O)C4)cc3)nc2)cc1. The summed E-state index contributed by atoms with van der Waals surface area (Å²) in [6, 6.07) is 18.4. The summed E-state index contributed by atoms with van der Waals surface area (Å²) < 4.78 is 5.86. The highest BCUT2D eigenvalue weighted by Crippen LogP contribution is 2.30. The van der Waals surface area contributed by atoms with Crippen LogP contribution in [0.4, 0.5) is 0 Å². The van der Waals surface area contributed by atoms with Gasteiger partial charge in [0, 0.05) is 47.9 Å². The molecule has 5 rings (SSSR count). The molecule has 10 heteroatoms. The molecule has 1 saturated heterocycles. The van der Waals surface area contributed by atoms with Gasteiger partial charge in [-0.3, -0.25) is 14.4 Å². The maximum absolute atomic E-state index is 13.5. The molecule has 2 atom stereocenters. The Hall–Kier alpha value is -4.57. The number of carboxylic acids is 1. The van der Waals surface area contributed by atoms with E-state index in [-0.39, 0.29) is 36.7 Å². The van der Waals surface area contributed by atoms with Crippen LogP contribution in [0, 0.1) is 11.8 Å². The highest BCUT2D eigenvalue weighted by atomic mass is 32.1. The Bertz CT molecular complexity index is 1690. The summed E-state index contributed by atoms with van der Waals surface area (Å²) in [5, 5.41) is 12.2. The predicted molar refractivity (Wildman–Crippen MR) is 184 cm³/mol. The third kappa shape index (κ3) is 8.43. The number of amides is 2. The van der Waals surface area contributed by atoms with Crippen LogP contribution in [0.1, 0.15) is 61.2 Å². The van der Waals surface area contributed by atoms with Crippen molar-refractivity contribution in [3.63, 3.8) is 0 Å². The second-order valence-corrected chi connectivity index (χ2v) is 14.3. The van der Waals surface area contributed by atoms with Gasteiger partial charge >= 0.3 is 5.97 Å². The number of carbonyl (C=O) groups is 3. The van der Waals surface area contributed by atoms with Crippen molar-refractivity contribution in [2.75, 3.05) is 19.7 Å². The maximum atomic E-state index is 13.5. The quantitative estimate of drug-likeness (QED) is 0.179. The number of carboxylic acid groups (broad SMARTS) is 1. The summed E-state index contributed by atoms with van der Waals surface area (Å²) in [6.45, 7) is 11.5. The number of benzene rings is 2. The molecule has 2 N–H and O–H groups in total. The molecule has 0 aliphatic carbocycles. The van der Waals surface area contributed by atoms with Crippen LogP contribution in [0.15, 0.2) is 73.1 Å². The van der Waals surface area contributed by atoms with Crippen molar-refractivity contribution in [3.8, 4) is 28.3 Å². The number of hydrogen-bond acceptors (Lipinski definition) is 7. The molecule has 2 amide bonds. The maximum Gasteiger partial charge on any atom is 0.310 e. The van der Waals surface area contributed by atoms with Gasteiger partial charge in [-0.1, -0.05) is 77.4 Å². The van der Waals surface area contributed by atoms with Gasteiger partial charge in [-0.15, -0.1) is 11.3 Å². The molecule has 1 aliphatic rings. The topological polar surface area (TPSA) is 122 Å². The number of likely N-dealkylation sites (tertiary alicyclic amines) is 1. The third-order valence-corrected chi connectivity index (χ3v) is 9.95. The number of rotatable bonds is 12. The van der Waals surface area contributed by atoms with E-state index in [1.807, 2.05) is 54.6 Å². The molecule has 3 heterocycles. The predicted octanol–water partition coefficient (Wildman–Crippen LogP) is 6.48. The van der Waals surface area contributed by atoms with E-state index in [1.54, 1.807) is 18.5 Å². The van der Waals surface area contributed by atoms with Crippen LogP contribution < -0.4 is 10.1 Å². The first kappa shape index (κ1) is 33.8. The molecular weight excluding hydrogens is 612 g/mol. The fraction of sp³-hybridized carbons (Fsp3) is 0.378. The van der Waals surface area contributed by atoms with Crippen LogP contribution in [0.25, 0.3) is 22.5 Å². The van der Waals surface area contributed by atoms with E-state index in [4.69, 9.17) is 4.74 Å². The van der Waals surface area contributed by atoms with Gasteiger partial charge in [0.15, 0.2) is 5.82 Å². The van der Waals surface area contributed by atoms with E-state index < -0.39 is 17.9 Å². The van der Waals surface area contributed by atoms with E-state index >= 15 is 0 Å². The molecule has 0 radical (unpaired) electrons. The number of aromatic nitrogens is 2. The van der Waals surface area contributed by atoms with Gasteiger partial charge in [0.1, 0.15) is 11.8 Å². The van der Waals surface area contributed by atoms with Crippen molar-refractivity contribution < 1.29 is 24.2 Å². The van der Waals surface area contributed by atoms with Gasteiger partial charge in [0.2, 0.25) is 5.91 Å². The number of hydrogen-bond donors (Lipinski definition) is 2. The molecular formula is C37H42N4O5S. The lowest BCUT2D eigenvalue weighted by atomic mass is 9.95. The van der Waals surface area contributed by atoms with Crippen LogP contribution in [0.5, 0.6) is 5.75 Å². The minimum atomic E-state index is -0.922. The summed E-state index contributed by atoms with van der Waals surface area (Å²) in [6.07, 6.45) is 4.92. The zero-order valence-corrected chi connectivity index (χ0v) is 28.3. The molecule has 2 aromatic heterocycles. The van der Waals surface area contributed by atoms with Gasteiger partial charge in [-0.05, 0) is 46.7 Å². The van der Waals surface area contributed by atoms with E-state index in [0.29, 0.717) is 23.2 Å². The van der Waals surface area contributed by atoms with E-state index in [2.05, 4.69) is 49.9 Å². The van der Waals surface area contributed by atoms with Crippen LogP contribution >= 0.6 is 11.3 Å². The summed E-state index contributed by atoms with van der Waals surface area (Å²) >= 11 is 1.41. The zero-order valence-electron chi connectivity index (χ0n) is 27.5. The monoisotopic (exact) mass is 654 g/mol. The normalized spacial score (nSPS) is 14.6. The van der Waals surface area contributed by atoms with Gasteiger partial charge in [-0.2, -0.15) is 0 Å². The van der Waals surface area contributed by atoms with Crippen molar-refractivity contribution in [1.29, 1.82) is 0 Å². The molecule has 246 valence electrons. The molecule has 0 spiro atoms. The van der Waals surface area contributed by atoms with E-state index in [0.717, 1.165) is 39.3 Å². The van der Waals surface area contributed by atoms with Crippen molar-refractivity contribution in [3.05, 3.63) is 88.4 Å². The van der Waals surface area contributed by atoms with Crippen LogP contribution in [-0.4, -0.2) is 63.5 Å². The first-order chi connectivity index (χ1) is 22.4. The van der Waals surface area contributed by atoms with Gasteiger partial charge in [0.25, 0.3) is 5.91 Å². The zero-order chi connectivity index (χ0) is 33.7. The Balaban J connectivity index is 1.26. The first-order valence-electron chi connectivity index (χ1n) is 16.0. The molecule has 2 unspecified atom stereocenters. The molecule has 4 aromatic rings. The Labute approximate surface area is 280 Å². The van der Waals surface area contributed by atoms with Crippen LogP contribution in [0.3, 0.4) is 0 Å². The van der Waals surface area contributed by atoms with E-state index in [9.17, 15) is 19.5 Å². The molecule has 47 heavy (non-hydrogen) atoms. The summed E-state index contributed by atoms with van der Waals surface area (Å²) in [7, 11) is 0. The molecule has 1 fully saturated rings. The lowest BCUT2D eigenvalue weighted by Gasteiger charge is -2.38. The minimum Gasteiger partial charge on any atom is -0.493 e. The van der Waals surface area contributed by atoms with Crippen LogP contribution in [0.2, 0.25) is 0 Å². The first-order valence-corrected chi connectivity index (χ1v) is 16.8. The Morgan fingerprint density at radius 2 is 1.60 bits per heavy atom. The average molecular weight is 655 g/mol. The average Bonchev–Trinajstić information content (AvgIpc) is 3.55. The lowest BCUT2D eigenvalue weighted by molar-refractivity contribution is -0.153. The van der Waals surface area contributed by atoms with Crippen molar-refractivity contribution in [1.82, 2.24) is 20.2 Å². The second kappa shape index (κ2) is 14.5. The standard InChI is InChI=1S/C37H42N4O5S/c1-6-23(2)22-46-29-13-11-25(12-14-29)27-18-38-33(39-19-27)26-9-7-24(8-10-26)17-30(35(43)41-20-28(21-41)36(44)45)40-34(42)31-15-16-32(47-31)37(3,4)5/h7-16,18-19,23,28,30H,6,17,20-22H2,1-5H3,(H,40,42)(H,44,45). The van der Waals surface area contributed by atoms with Crippen LogP contribution in [-0.2, 0) is 21.4 Å². The second-order valence-electron chi connectivity index (χ2n) is 13.3. The van der Waals surface area contributed by atoms with Gasteiger partial charge in [-0.25, -0.2) is 9.97 Å². The third-order valence-electron chi connectivity index (χ3n) is 8.44. The van der Waals surface area contributed by atoms with E-state index in [1.165, 1.54) is 16.2 Å². The number of nitrogens with one attached hydrogen (secondary N) is 1. The lowest BCUT2D eigenvalue weighted by Crippen LogP contribution is -2.59.